The second kappa shape index (κ2) is 9.20. The predicted octanol–water partition coefficient (Wildman–Crippen LogP) is 3.07. The van der Waals surface area contributed by atoms with Gasteiger partial charge in [0.15, 0.2) is 0 Å². The average molecular weight is 361 g/mol. The second-order valence-electron chi connectivity index (χ2n) is 6.35. The Morgan fingerprint density at radius 3 is 2.28 bits per heavy atom. The van der Waals surface area contributed by atoms with Crippen LogP contribution in [0.1, 0.15) is 11.7 Å². The van der Waals surface area contributed by atoms with Gasteiger partial charge in [0.1, 0.15) is 12.4 Å². The van der Waals surface area contributed by atoms with Gasteiger partial charge in [-0.15, -0.1) is 0 Å². The van der Waals surface area contributed by atoms with Crippen LogP contribution in [0.15, 0.2) is 54.6 Å². The highest BCUT2D eigenvalue weighted by Crippen LogP contribution is 2.23. The Morgan fingerprint density at radius 1 is 0.920 bits per heavy atom. The topological polar surface area (TPSA) is 35.9 Å². The molecule has 1 saturated heterocycles. The molecule has 1 N–H and O–H groups in total. The molecule has 1 atom stereocenters. The minimum atomic E-state index is -0.420. The van der Waals surface area contributed by atoms with Crippen molar-refractivity contribution in [3.63, 3.8) is 0 Å². The zero-order chi connectivity index (χ0) is 17.5. The first-order chi connectivity index (χ1) is 12.2. The molecule has 5 heteroatoms. The second-order valence-corrected chi connectivity index (χ2v) is 6.75. The smallest absolute Gasteiger partial charge is 0.137 e. The van der Waals surface area contributed by atoms with E-state index in [9.17, 15) is 5.11 Å². The third kappa shape index (κ3) is 5.44. The molecule has 0 saturated carbocycles. The SMILES string of the molecule is O[C@H](CN1CCN(CCOc2ccccc2Cl)CC1)c1ccccc1. The Hall–Kier alpha value is -1.59. The number of nitrogens with zero attached hydrogens (tertiary/aromatic N) is 2. The fraction of sp³-hybridized carbons (Fsp3) is 0.400. The number of benzene rings is 2. The van der Waals surface area contributed by atoms with Crippen LogP contribution >= 0.6 is 11.6 Å². The fourth-order valence-corrected chi connectivity index (χ4v) is 3.26. The van der Waals surface area contributed by atoms with Gasteiger partial charge in [0.25, 0.3) is 0 Å². The van der Waals surface area contributed by atoms with Crippen LogP contribution in [0.4, 0.5) is 0 Å². The maximum atomic E-state index is 10.3. The molecule has 0 amide bonds. The molecule has 0 aliphatic carbocycles. The molecule has 2 aromatic carbocycles. The lowest BCUT2D eigenvalue weighted by atomic mass is 10.1. The van der Waals surface area contributed by atoms with Crippen molar-refractivity contribution >= 4 is 11.6 Å². The standard InChI is InChI=1S/C20H25ClN2O2/c21-18-8-4-5-9-20(18)25-15-14-22-10-12-23(13-11-22)16-19(24)17-6-2-1-3-7-17/h1-9,19,24H,10-16H2/t19-/m1/s1. The summed E-state index contributed by atoms with van der Waals surface area (Å²) in [6.45, 7) is 6.14. The molecule has 0 aromatic heterocycles. The Bertz CT molecular complexity index is 645. The summed E-state index contributed by atoms with van der Waals surface area (Å²) in [4.78, 5) is 4.71. The summed E-state index contributed by atoms with van der Waals surface area (Å²) in [5.74, 6) is 0.744. The number of aliphatic hydroxyl groups is 1. The van der Waals surface area contributed by atoms with Gasteiger partial charge in [0.05, 0.1) is 11.1 Å². The number of para-hydroxylation sites is 1. The van der Waals surface area contributed by atoms with Crippen LogP contribution in [0.2, 0.25) is 5.02 Å². The lowest BCUT2D eigenvalue weighted by molar-refractivity contribution is 0.0676. The monoisotopic (exact) mass is 360 g/mol. The van der Waals surface area contributed by atoms with E-state index in [0.717, 1.165) is 44.0 Å². The quantitative estimate of drug-likeness (QED) is 0.823. The number of β-amino-alcohol motifs (C(OH)–C–C–N with tert-alkyl or cyclic N) is 1. The Morgan fingerprint density at radius 2 is 1.56 bits per heavy atom. The van der Waals surface area contributed by atoms with Gasteiger partial charge in [-0.25, -0.2) is 0 Å². The van der Waals surface area contributed by atoms with E-state index >= 15 is 0 Å². The van der Waals surface area contributed by atoms with E-state index in [0.29, 0.717) is 18.2 Å². The highest BCUT2D eigenvalue weighted by atomic mass is 35.5. The number of hydrogen-bond acceptors (Lipinski definition) is 4. The predicted molar refractivity (Wildman–Crippen MR) is 101 cm³/mol. The van der Waals surface area contributed by atoms with E-state index in [-0.39, 0.29) is 0 Å². The zero-order valence-corrected chi connectivity index (χ0v) is 15.1. The molecular formula is C20H25ClN2O2. The summed E-state index contributed by atoms with van der Waals surface area (Å²) >= 11 is 6.09. The first-order valence-corrected chi connectivity index (χ1v) is 9.15. The van der Waals surface area contributed by atoms with Crippen molar-refractivity contribution in [1.29, 1.82) is 0 Å². The van der Waals surface area contributed by atoms with Gasteiger partial charge < -0.3 is 9.84 Å². The minimum Gasteiger partial charge on any atom is -0.491 e. The summed E-state index contributed by atoms with van der Waals surface area (Å²) in [5.41, 5.74) is 0.984. The molecular weight excluding hydrogens is 336 g/mol. The highest BCUT2D eigenvalue weighted by molar-refractivity contribution is 6.32. The van der Waals surface area contributed by atoms with Crippen molar-refractivity contribution in [2.75, 3.05) is 45.9 Å². The maximum Gasteiger partial charge on any atom is 0.137 e. The molecule has 0 bridgehead atoms. The van der Waals surface area contributed by atoms with E-state index in [1.807, 2.05) is 54.6 Å². The Labute approximate surface area is 154 Å². The number of aliphatic hydroxyl groups excluding tert-OH is 1. The number of piperazine rings is 1. The third-order valence-corrected chi connectivity index (χ3v) is 4.89. The third-order valence-electron chi connectivity index (χ3n) is 4.58. The average Bonchev–Trinajstić information content (AvgIpc) is 2.65. The van der Waals surface area contributed by atoms with Crippen molar-refractivity contribution in [2.24, 2.45) is 0 Å². The normalized spacial score (nSPS) is 17.4. The molecule has 25 heavy (non-hydrogen) atoms. The molecule has 1 aliphatic heterocycles. The summed E-state index contributed by atoms with van der Waals surface area (Å²) in [6.07, 6.45) is -0.420. The lowest BCUT2D eigenvalue weighted by Crippen LogP contribution is -2.48. The van der Waals surface area contributed by atoms with Gasteiger partial charge in [-0.2, -0.15) is 0 Å². The van der Waals surface area contributed by atoms with E-state index in [2.05, 4.69) is 9.80 Å². The van der Waals surface area contributed by atoms with Gasteiger partial charge >= 0.3 is 0 Å². The zero-order valence-electron chi connectivity index (χ0n) is 14.4. The van der Waals surface area contributed by atoms with Gasteiger partial charge in [0, 0.05) is 39.3 Å². The fourth-order valence-electron chi connectivity index (χ4n) is 3.07. The van der Waals surface area contributed by atoms with E-state index in [1.54, 1.807) is 0 Å². The molecule has 0 unspecified atom stereocenters. The highest BCUT2D eigenvalue weighted by Gasteiger charge is 2.19. The number of hydrogen-bond donors (Lipinski definition) is 1. The van der Waals surface area contributed by atoms with Crippen molar-refractivity contribution in [3.8, 4) is 5.75 Å². The van der Waals surface area contributed by atoms with Crippen LogP contribution < -0.4 is 4.74 Å². The van der Waals surface area contributed by atoms with Crippen LogP contribution in [0.5, 0.6) is 5.75 Å². The maximum absolute atomic E-state index is 10.3. The van der Waals surface area contributed by atoms with Crippen LogP contribution in [0.3, 0.4) is 0 Å². The molecule has 3 rings (SSSR count). The van der Waals surface area contributed by atoms with Crippen molar-refractivity contribution in [2.45, 2.75) is 6.10 Å². The van der Waals surface area contributed by atoms with E-state index < -0.39 is 6.10 Å². The molecule has 4 nitrogen and oxygen atoms in total. The van der Waals surface area contributed by atoms with Crippen LogP contribution in [-0.2, 0) is 0 Å². The van der Waals surface area contributed by atoms with Crippen molar-refractivity contribution < 1.29 is 9.84 Å². The van der Waals surface area contributed by atoms with Gasteiger partial charge in [-0.3, -0.25) is 9.80 Å². The lowest BCUT2D eigenvalue weighted by Gasteiger charge is -2.35. The van der Waals surface area contributed by atoms with Gasteiger partial charge in [0.2, 0.25) is 0 Å². The largest absolute Gasteiger partial charge is 0.491 e. The molecule has 1 fully saturated rings. The molecule has 0 spiro atoms. The Balaban J connectivity index is 1.37. The summed E-state index contributed by atoms with van der Waals surface area (Å²) < 4.78 is 5.76. The van der Waals surface area contributed by atoms with Crippen molar-refractivity contribution in [1.82, 2.24) is 9.80 Å². The first kappa shape index (κ1) is 18.2. The van der Waals surface area contributed by atoms with E-state index in [4.69, 9.17) is 16.3 Å². The van der Waals surface area contributed by atoms with Crippen LogP contribution in [0, 0.1) is 0 Å². The van der Waals surface area contributed by atoms with E-state index in [1.165, 1.54) is 0 Å². The molecule has 2 aromatic rings. The van der Waals surface area contributed by atoms with Crippen LogP contribution in [-0.4, -0.2) is 60.8 Å². The summed E-state index contributed by atoms with van der Waals surface area (Å²) in [6, 6.07) is 17.4. The molecule has 0 radical (unpaired) electrons. The number of ether oxygens (including phenoxy) is 1. The number of halogens is 1. The minimum absolute atomic E-state index is 0.420. The molecule has 134 valence electrons. The molecule has 1 aliphatic rings. The number of rotatable bonds is 7. The first-order valence-electron chi connectivity index (χ1n) is 8.77. The Kier molecular flexibility index (Phi) is 6.70. The molecule has 1 heterocycles. The van der Waals surface area contributed by atoms with Crippen LogP contribution in [0.25, 0.3) is 0 Å². The van der Waals surface area contributed by atoms with Gasteiger partial charge in [-0.1, -0.05) is 54.1 Å². The van der Waals surface area contributed by atoms with Gasteiger partial charge in [-0.05, 0) is 17.7 Å². The van der Waals surface area contributed by atoms with Crippen molar-refractivity contribution in [3.05, 3.63) is 65.2 Å². The summed E-state index contributed by atoms with van der Waals surface area (Å²) in [5, 5.41) is 11.0. The summed E-state index contributed by atoms with van der Waals surface area (Å²) in [7, 11) is 0.